The number of allylic oxidation sites excluding steroid dienone is 2. The highest BCUT2D eigenvalue weighted by Gasteiger charge is 2.27. The van der Waals surface area contributed by atoms with E-state index in [1.807, 2.05) is 21.1 Å². The molecule has 2 atom stereocenters. The monoisotopic (exact) mass is 929 g/mol. The Morgan fingerprint density at radius 1 is 0.469 bits per heavy atom. The van der Waals surface area contributed by atoms with Crippen LogP contribution in [0.4, 0.5) is 0 Å². The number of hydrogen-bond acceptors (Lipinski definition) is 7. The van der Waals surface area contributed by atoms with Gasteiger partial charge in [-0.15, -0.1) is 0 Å². The van der Waals surface area contributed by atoms with E-state index in [2.05, 4.69) is 26.0 Å². The lowest BCUT2D eigenvalue weighted by Gasteiger charge is -2.24. The first-order valence-electron chi connectivity index (χ1n) is 27.4. The molecular formula is C54H107NO8P+. The molecule has 0 radical (unpaired) electrons. The molecule has 0 aromatic rings. The summed E-state index contributed by atoms with van der Waals surface area (Å²) >= 11 is 0. The summed E-state index contributed by atoms with van der Waals surface area (Å²) < 4.78 is 34.5. The molecule has 1 unspecified atom stereocenters. The number of nitrogens with zero attached hydrogens (tertiary/aromatic N) is 1. The first kappa shape index (κ1) is 62.8. The summed E-state index contributed by atoms with van der Waals surface area (Å²) in [6.07, 6.45) is 52.6. The third-order valence-electron chi connectivity index (χ3n) is 12.3. The van der Waals surface area contributed by atoms with E-state index in [0.717, 1.165) is 32.1 Å². The van der Waals surface area contributed by atoms with Gasteiger partial charge in [-0.05, 0) is 38.5 Å². The van der Waals surface area contributed by atoms with Crippen LogP contribution in [0, 0.1) is 0 Å². The summed E-state index contributed by atoms with van der Waals surface area (Å²) in [7, 11) is 1.49. The molecule has 0 spiro atoms. The van der Waals surface area contributed by atoms with Crippen molar-refractivity contribution in [1.29, 1.82) is 0 Å². The van der Waals surface area contributed by atoms with Crippen LogP contribution in [0.1, 0.15) is 271 Å². The van der Waals surface area contributed by atoms with Crippen molar-refractivity contribution < 1.29 is 42.1 Å². The van der Waals surface area contributed by atoms with E-state index in [1.54, 1.807) is 0 Å². The van der Waals surface area contributed by atoms with E-state index < -0.39 is 26.5 Å². The van der Waals surface area contributed by atoms with Crippen LogP contribution in [0.3, 0.4) is 0 Å². The molecule has 380 valence electrons. The SMILES string of the molecule is CCCCCCCC/C=C/CCCCCCCCCCCCCC(=O)O[C@H](COC(=O)CCCCCCCCCCCCCCCCCCCCC)COP(=O)(O)OCC[N+](C)(C)C. The fourth-order valence-corrected chi connectivity index (χ4v) is 8.75. The first-order valence-corrected chi connectivity index (χ1v) is 28.9. The maximum absolute atomic E-state index is 12.8. The lowest BCUT2D eigenvalue weighted by Crippen LogP contribution is -2.37. The van der Waals surface area contributed by atoms with E-state index in [0.29, 0.717) is 23.9 Å². The molecule has 9 nitrogen and oxygen atoms in total. The molecule has 0 aromatic carbocycles. The molecule has 0 heterocycles. The van der Waals surface area contributed by atoms with E-state index >= 15 is 0 Å². The Morgan fingerprint density at radius 3 is 1.16 bits per heavy atom. The molecule has 0 saturated carbocycles. The molecule has 1 N–H and O–H groups in total. The number of rotatable bonds is 51. The molecule has 0 aliphatic carbocycles. The highest BCUT2D eigenvalue weighted by Crippen LogP contribution is 2.43. The largest absolute Gasteiger partial charge is 0.472 e. The van der Waals surface area contributed by atoms with Crippen molar-refractivity contribution in [3.8, 4) is 0 Å². The van der Waals surface area contributed by atoms with Gasteiger partial charge >= 0.3 is 19.8 Å². The van der Waals surface area contributed by atoms with Crippen molar-refractivity contribution in [2.24, 2.45) is 0 Å². The highest BCUT2D eigenvalue weighted by molar-refractivity contribution is 7.47. The second-order valence-corrected chi connectivity index (χ2v) is 21.4. The van der Waals surface area contributed by atoms with Gasteiger partial charge in [0.25, 0.3) is 0 Å². The molecule has 0 aliphatic rings. The maximum atomic E-state index is 12.8. The van der Waals surface area contributed by atoms with E-state index in [1.165, 1.54) is 205 Å². The number of ether oxygens (including phenoxy) is 2. The van der Waals surface area contributed by atoms with Gasteiger partial charge in [0, 0.05) is 12.8 Å². The van der Waals surface area contributed by atoms with E-state index in [4.69, 9.17) is 18.5 Å². The number of carbonyl (C=O) groups excluding carboxylic acids is 2. The Morgan fingerprint density at radius 2 is 0.797 bits per heavy atom. The number of unbranched alkanes of at least 4 members (excludes halogenated alkanes) is 35. The zero-order valence-electron chi connectivity index (χ0n) is 43.0. The van der Waals surface area contributed by atoms with Gasteiger partial charge in [-0.2, -0.15) is 0 Å². The van der Waals surface area contributed by atoms with Crippen LogP contribution in [0.2, 0.25) is 0 Å². The van der Waals surface area contributed by atoms with E-state index in [-0.39, 0.29) is 25.6 Å². The number of carbonyl (C=O) groups is 2. The Hall–Kier alpha value is -1.25. The third-order valence-corrected chi connectivity index (χ3v) is 13.3. The van der Waals surface area contributed by atoms with Crippen LogP contribution in [0.5, 0.6) is 0 Å². The number of quaternary nitrogens is 1. The van der Waals surface area contributed by atoms with Crippen molar-refractivity contribution in [2.75, 3.05) is 47.5 Å². The molecule has 0 rings (SSSR count). The molecular weight excluding hydrogens is 822 g/mol. The number of phosphoric ester groups is 1. The molecule has 10 heteroatoms. The first-order chi connectivity index (χ1) is 31.0. The zero-order valence-corrected chi connectivity index (χ0v) is 43.9. The van der Waals surface area contributed by atoms with Crippen LogP contribution < -0.4 is 0 Å². The second-order valence-electron chi connectivity index (χ2n) is 20.0. The van der Waals surface area contributed by atoms with Gasteiger partial charge in [0.15, 0.2) is 6.10 Å². The average molecular weight is 929 g/mol. The average Bonchev–Trinajstić information content (AvgIpc) is 3.25. The van der Waals surface area contributed by atoms with Crippen molar-refractivity contribution in [3.63, 3.8) is 0 Å². The Balaban J connectivity index is 4.17. The lowest BCUT2D eigenvalue weighted by molar-refractivity contribution is -0.870. The predicted octanol–water partition coefficient (Wildman–Crippen LogP) is 16.5. The zero-order chi connectivity index (χ0) is 47.1. The third kappa shape index (κ3) is 50.2. The molecule has 0 fully saturated rings. The highest BCUT2D eigenvalue weighted by atomic mass is 31.2. The van der Waals surface area contributed by atoms with Crippen LogP contribution in [0.15, 0.2) is 12.2 Å². The van der Waals surface area contributed by atoms with Crippen LogP contribution in [-0.2, 0) is 32.7 Å². The summed E-state index contributed by atoms with van der Waals surface area (Å²) in [5.41, 5.74) is 0. The minimum atomic E-state index is -4.38. The topological polar surface area (TPSA) is 108 Å². The van der Waals surface area contributed by atoms with Crippen LogP contribution >= 0.6 is 7.82 Å². The normalized spacial score (nSPS) is 13.4. The summed E-state index contributed by atoms with van der Waals surface area (Å²) in [5.74, 6) is -0.781. The standard InChI is InChI=1S/C54H106NO8P/c1-6-8-10-12-14-16-18-20-22-24-26-27-29-31-33-35-37-39-41-43-45-47-54(57)63-52(51-62-64(58,59)61-49-48-55(3,4)5)50-60-53(56)46-44-42-40-38-36-34-32-30-28-25-23-21-19-17-15-13-11-9-7-2/h20,22,52H,6-19,21,23-51H2,1-5H3/p+1/b22-20+/t52-/m1/s1. The van der Waals surface area contributed by atoms with Crippen LogP contribution in [0.25, 0.3) is 0 Å². The van der Waals surface area contributed by atoms with Gasteiger partial charge in [0.1, 0.15) is 19.8 Å². The quantitative estimate of drug-likeness (QED) is 0.0211. The van der Waals surface area contributed by atoms with Gasteiger partial charge in [-0.25, -0.2) is 4.57 Å². The summed E-state index contributed by atoms with van der Waals surface area (Å²) in [6.45, 7) is 4.48. The molecule has 64 heavy (non-hydrogen) atoms. The van der Waals surface area contributed by atoms with Gasteiger partial charge in [0.2, 0.25) is 0 Å². The Labute approximate surface area is 396 Å². The van der Waals surface area contributed by atoms with E-state index in [9.17, 15) is 19.0 Å². The number of hydrogen-bond donors (Lipinski definition) is 1. The molecule has 0 bridgehead atoms. The molecule has 0 saturated heterocycles. The van der Waals surface area contributed by atoms with Crippen molar-refractivity contribution in [2.45, 2.75) is 277 Å². The number of esters is 2. The van der Waals surface area contributed by atoms with Crippen LogP contribution in [-0.4, -0.2) is 74.9 Å². The van der Waals surface area contributed by atoms with Gasteiger partial charge in [0.05, 0.1) is 27.7 Å². The lowest BCUT2D eigenvalue weighted by atomic mass is 10.0. The number of phosphoric acid groups is 1. The smallest absolute Gasteiger partial charge is 0.462 e. The molecule has 0 amide bonds. The van der Waals surface area contributed by atoms with Gasteiger partial charge in [-0.3, -0.25) is 18.6 Å². The predicted molar refractivity (Wildman–Crippen MR) is 271 cm³/mol. The minimum absolute atomic E-state index is 0.0354. The summed E-state index contributed by atoms with van der Waals surface area (Å²) in [4.78, 5) is 35.6. The number of likely N-dealkylation sites (N-methyl/N-ethyl adjacent to an activating group) is 1. The Bertz CT molecular complexity index is 1100. The van der Waals surface area contributed by atoms with Crippen molar-refractivity contribution in [1.82, 2.24) is 0 Å². The maximum Gasteiger partial charge on any atom is 0.472 e. The van der Waals surface area contributed by atoms with Gasteiger partial charge < -0.3 is 18.9 Å². The molecule has 0 aliphatic heterocycles. The fraction of sp³-hybridized carbons (Fsp3) is 0.926. The van der Waals surface area contributed by atoms with Gasteiger partial charge in [-0.1, -0.05) is 231 Å². The summed E-state index contributed by atoms with van der Waals surface area (Å²) in [5, 5.41) is 0. The van der Waals surface area contributed by atoms with Crippen molar-refractivity contribution >= 4 is 19.8 Å². The Kier molecular flexibility index (Phi) is 45.9. The molecule has 0 aromatic heterocycles. The summed E-state index contributed by atoms with van der Waals surface area (Å²) in [6, 6.07) is 0. The minimum Gasteiger partial charge on any atom is -0.462 e. The fourth-order valence-electron chi connectivity index (χ4n) is 8.01. The second kappa shape index (κ2) is 46.8. The van der Waals surface area contributed by atoms with Crippen molar-refractivity contribution in [3.05, 3.63) is 12.2 Å².